The Bertz CT molecular complexity index is 1270. The zero-order chi connectivity index (χ0) is 24.0. The summed E-state index contributed by atoms with van der Waals surface area (Å²) in [6, 6.07) is 17.9. The van der Waals surface area contributed by atoms with E-state index in [1.54, 1.807) is 6.21 Å². The molecule has 182 valence electrons. The van der Waals surface area contributed by atoms with E-state index in [2.05, 4.69) is 49.2 Å². The second kappa shape index (κ2) is 10.8. The monoisotopic (exact) mass is 472 g/mol. The molecule has 1 aliphatic heterocycles. The number of hydrogen-bond donors (Lipinski definition) is 3. The molecule has 8 nitrogen and oxygen atoms in total. The highest BCUT2D eigenvalue weighted by Gasteiger charge is 2.13. The van der Waals surface area contributed by atoms with Crippen LogP contribution in [0.15, 0.2) is 59.6 Å². The predicted molar refractivity (Wildman–Crippen MR) is 139 cm³/mol. The first-order chi connectivity index (χ1) is 17.1. The molecule has 2 aromatic carbocycles. The number of rotatable bonds is 9. The van der Waals surface area contributed by atoms with Crippen molar-refractivity contribution in [2.45, 2.75) is 12.8 Å². The van der Waals surface area contributed by atoms with Gasteiger partial charge in [-0.1, -0.05) is 30.3 Å². The molecule has 8 heteroatoms. The molecule has 0 aliphatic carbocycles. The number of fused-ring (bicyclic) bond motifs is 1. The third-order valence-corrected chi connectivity index (χ3v) is 6.47. The Morgan fingerprint density at radius 1 is 1.09 bits per heavy atom. The van der Waals surface area contributed by atoms with Crippen molar-refractivity contribution in [1.82, 2.24) is 25.0 Å². The van der Waals surface area contributed by atoms with Crippen LogP contribution in [-0.2, 0) is 6.42 Å². The molecule has 0 spiro atoms. The smallest absolute Gasteiger partial charge is 0.198 e. The molecule has 4 aromatic rings. The molecule has 0 bridgehead atoms. The van der Waals surface area contributed by atoms with Crippen LogP contribution in [0.4, 0.5) is 5.82 Å². The Kier molecular flexibility index (Phi) is 7.11. The fourth-order valence-corrected chi connectivity index (χ4v) is 4.39. The minimum atomic E-state index is 0.104. The number of para-hydroxylation sites is 1. The van der Waals surface area contributed by atoms with Crippen LogP contribution in [0.2, 0.25) is 0 Å². The Labute approximate surface area is 205 Å². The minimum absolute atomic E-state index is 0.104. The number of nitrogens with one attached hydrogen (secondary N) is 2. The number of likely N-dealkylation sites (N-methyl/N-ethyl adjacent to an activating group) is 1. The van der Waals surface area contributed by atoms with E-state index in [0.717, 1.165) is 74.5 Å². The van der Waals surface area contributed by atoms with Crippen LogP contribution in [0, 0.1) is 0 Å². The van der Waals surface area contributed by atoms with Crippen LogP contribution in [0.5, 0.6) is 11.6 Å². The molecule has 3 heterocycles. The number of aliphatic imine (C=N–C) groups is 1. The second-order valence-corrected chi connectivity index (χ2v) is 9.11. The minimum Gasteiger partial charge on any atom is -0.494 e. The van der Waals surface area contributed by atoms with E-state index in [-0.39, 0.29) is 5.88 Å². The lowest BCUT2D eigenvalue weighted by Crippen LogP contribution is -2.44. The van der Waals surface area contributed by atoms with Crippen LogP contribution in [0.25, 0.3) is 10.9 Å². The molecule has 3 N–H and O–H groups in total. The molecule has 35 heavy (non-hydrogen) atoms. The molecular weight excluding hydrogens is 440 g/mol. The van der Waals surface area contributed by atoms with Crippen molar-refractivity contribution in [3.63, 3.8) is 0 Å². The number of nitrogens with zero attached hydrogens (tertiary/aromatic N) is 4. The van der Waals surface area contributed by atoms with Crippen molar-refractivity contribution in [3.8, 4) is 11.6 Å². The zero-order valence-corrected chi connectivity index (χ0v) is 20.1. The Morgan fingerprint density at radius 3 is 2.71 bits per heavy atom. The lowest BCUT2D eigenvalue weighted by molar-refractivity contribution is 0.145. The van der Waals surface area contributed by atoms with Gasteiger partial charge in [0.1, 0.15) is 5.75 Å². The average Bonchev–Trinajstić information content (AvgIpc) is 3.45. The van der Waals surface area contributed by atoms with Gasteiger partial charge in [-0.05, 0) is 37.2 Å². The number of ether oxygens (including phenoxy) is 1. The molecule has 0 amide bonds. The van der Waals surface area contributed by atoms with Crippen molar-refractivity contribution >= 4 is 22.9 Å². The van der Waals surface area contributed by atoms with Gasteiger partial charge >= 0.3 is 0 Å². The maximum atomic E-state index is 10.2. The Balaban J connectivity index is 1.10. The van der Waals surface area contributed by atoms with Gasteiger partial charge in [0, 0.05) is 68.0 Å². The molecule has 0 radical (unpaired) electrons. The summed E-state index contributed by atoms with van der Waals surface area (Å²) in [5.74, 6) is 1.58. The van der Waals surface area contributed by atoms with E-state index in [1.807, 2.05) is 42.5 Å². The number of hydrogen-bond acceptors (Lipinski definition) is 6. The van der Waals surface area contributed by atoms with Gasteiger partial charge in [-0.15, -0.1) is 0 Å². The summed E-state index contributed by atoms with van der Waals surface area (Å²) in [6.45, 7) is 6.44. The van der Waals surface area contributed by atoms with E-state index >= 15 is 0 Å². The summed E-state index contributed by atoms with van der Waals surface area (Å²) in [5, 5.41) is 18.4. The maximum absolute atomic E-state index is 10.2. The molecular formula is C27H32N6O2. The number of aromatic nitrogens is 3. The summed E-state index contributed by atoms with van der Waals surface area (Å²) >= 11 is 0. The Morgan fingerprint density at radius 2 is 1.89 bits per heavy atom. The van der Waals surface area contributed by atoms with E-state index in [4.69, 9.17) is 4.74 Å². The van der Waals surface area contributed by atoms with Gasteiger partial charge in [0.05, 0.1) is 12.2 Å². The number of aromatic amines is 2. The van der Waals surface area contributed by atoms with Gasteiger partial charge in [-0.2, -0.15) is 5.10 Å². The topological polar surface area (TPSA) is 92.8 Å². The second-order valence-electron chi connectivity index (χ2n) is 9.11. The van der Waals surface area contributed by atoms with E-state index < -0.39 is 0 Å². The van der Waals surface area contributed by atoms with Crippen molar-refractivity contribution in [2.24, 2.45) is 4.99 Å². The molecule has 1 aliphatic rings. The van der Waals surface area contributed by atoms with Crippen LogP contribution in [0.1, 0.15) is 23.2 Å². The van der Waals surface area contributed by atoms with Crippen molar-refractivity contribution in [1.29, 1.82) is 0 Å². The molecule has 5 rings (SSSR count). The molecule has 0 atom stereocenters. The SMILES string of the molecule is CN1CCN(CCCOc2ccc(Cc3cc(N=Cc4c(O)[nH]c5ccccc45)n[nH]3)cc2)CC1. The predicted octanol–water partition coefficient (Wildman–Crippen LogP) is 3.95. The molecule has 0 unspecified atom stereocenters. The highest BCUT2D eigenvalue weighted by atomic mass is 16.5. The van der Waals surface area contributed by atoms with Crippen LogP contribution < -0.4 is 4.74 Å². The quantitative estimate of drug-likeness (QED) is 0.253. The number of benzene rings is 2. The van der Waals surface area contributed by atoms with Gasteiger partial charge in [-0.25, -0.2) is 4.99 Å². The van der Waals surface area contributed by atoms with Crippen molar-refractivity contribution in [2.75, 3.05) is 46.4 Å². The fraction of sp³-hybridized carbons (Fsp3) is 0.333. The van der Waals surface area contributed by atoms with Crippen molar-refractivity contribution in [3.05, 3.63) is 71.4 Å². The summed E-state index contributed by atoms with van der Waals surface area (Å²) < 4.78 is 5.94. The zero-order valence-electron chi connectivity index (χ0n) is 20.1. The largest absolute Gasteiger partial charge is 0.494 e. The van der Waals surface area contributed by atoms with Crippen LogP contribution in [0.3, 0.4) is 0 Å². The fourth-order valence-electron chi connectivity index (χ4n) is 4.39. The van der Waals surface area contributed by atoms with Gasteiger partial charge in [-0.3, -0.25) is 5.10 Å². The summed E-state index contributed by atoms with van der Waals surface area (Å²) in [6.07, 6.45) is 3.41. The highest BCUT2D eigenvalue weighted by Crippen LogP contribution is 2.26. The third-order valence-electron chi connectivity index (χ3n) is 6.47. The first-order valence-corrected chi connectivity index (χ1v) is 12.1. The first-order valence-electron chi connectivity index (χ1n) is 12.1. The normalized spacial score (nSPS) is 15.3. The van der Waals surface area contributed by atoms with E-state index in [9.17, 15) is 5.11 Å². The van der Waals surface area contributed by atoms with E-state index in [1.165, 1.54) is 5.56 Å². The standard InChI is InChI=1S/C27H32N6O2/c1-32-12-14-33(15-13-32)11-4-16-35-22-9-7-20(8-10-22)17-21-18-26(31-30-21)28-19-24-23-5-2-3-6-25(23)29-27(24)34/h2-3,5-10,18-19,29,34H,4,11-17H2,1H3,(H,30,31). The molecule has 1 fully saturated rings. The molecule has 2 aromatic heterocycles. The van der Waals surface area contributed by atoms with Gasteiger partial charge in [0.25, 0.3) is 0 Å². The Hall–Kier alpha value is -3.62. The highest BCUT2D eigenvalue weighted by molar-refractivity contribution is 6.02. The number of aromatic hydroxyl groups is 1. The summed E-state index contributed by atoms with van der Waals surface area (Å²) in [7, 11) is 2.18. The van der Waals surface area contributed by atoms with Crippen molar-refractivity contribution < 1.29 is 9.84 Å². The number of H-pyrrole nitrogens is 2. The lowest BCUT2D eigenvalue weighted by Gasteiger charge is -2.32. The van der Waals surface area contributed by atoms with Crippen LogP contribution >= 0.6 is 0 Å². The van der Waals surface area contributed by atoms with E-state index in [0.29, 0.717) is 11.4 Å². The average molecular weight is 473 g/mol. The number of piperazine rings is 1. The maximum Gasteiger partial charge on any atom is 0.198 e. The van der Waals surface area contributed by atoms with Gasteiger partial charge in [0.2, 0.25) is 0 Å². The third kappa shape index (κ3) is 5.90. The summed E-state index contributed by atoms with van der Waals surface area (Å²) in [4.78, 5) is 12.3. The van der Waals surface area contributed by atoms with Crippen LogP contribution in [-0.4, -0.2) is 82.7 Å². The molecule has 0 saturated carbocycles. The summed E-state index contributed by atoms with van der Waals surface area (Å²) in [5.41, 5.74) is 3.67. The first kappa shape index (κ1) is 23.1. The lowest BCUT2D eigenvalue weighted by atomic mass is 10.1. The molecule has 1 saturated heterocycles. The van der Waals surface area contributed by atoms with Gasteiger partial charge in [0.15, 0.2) is 11.7 Å². The van der Waals surface area contributed by atoms with Gasteiger partial charge < -0.3 is 24.6 Å².